The standard InChI is InChI=1S/C12H13NO2S/c1-16(14,15)13(12-7-8-12)10-9-11-5-3-2-4-6-11/h2-6,12H,7-8H2,1H3. The summed E-state index contributed by atoms with van der Waals surface area (Å²) in [4.78, 5) is 0. The molecule has 0 radical (unpaired) electrons. The van der Waals surface area contributed by atoms with Gasteiger partial charge in [-0.05, 0) is 30.9 Å². The molecule has 0 aromatic heterocycles. The maximum atomic E-state index is 11.5. The van der Waals surface area contributed by atoms with Gasteiger partial charge in [0.25, 0.3) is 0 Å². The van der Waals surface area contributed by atoms with Crippen molar-refractivity contribution in [1.29, 1.82) is 0 Å². The van der Waals surface area contributed by atoms with Crippen LogP contribution in [0.25, 0.3) is 0 Å². The second kappa shape index (κ2) is 4.18. The van der Waals surface area contributed by atoms with Crippen molar-refractivity contribution in [2.24, 2.45) is 0 Å². The molecular formula is C12H13NO2S. The van der Waals surface area contributed by atoms with Crippen LogP contribution in [0.5, 0.6) is 0 Å². The number of benzene rings is 1. The highest BCUT2D eigenvalue weighted by atomic mass is 32.2. The normalized spacial score (nSPS) is 15.1. The number of hydrogen-bond donors (Lipinski definition) is 0. The van der Waals surface area contributed by atoms with Crippen molar-refractivity contribution in [3.63, 3.8) is 0 Å². The Kier molecular flexibility index (Phi) is 2.88. The van der Waals surface area contributed by atoms with Crippen LogP contribution in [0.15, 0.2) is 30.3 Å². The Bertz CT molecular complexity index is 521. The monoisotopic (exact) mass is 235 g/mol. The molecule has 0 unspecified atom stereocenters. The second-order valence-electron chi connectivity index (χ2n) is 3.89. The van der Waals surface area contributed by atoms with Crippen molar-refractivity contribution >= 4 is 10.0 Å². The highest BCUT2D eigenvalue weighted by Gasteiger charge is 2.33. The largest absolute Gasteiger partial charge is 0.239 e. The molecular weight excluding hydrogens is 222 g/mol. The number of nitrogens with zero attached hydrogens (tertiary/aromatic N) is 1. The van der Waals surface area contributed by atoms with Gasteiger partial charge in [0.15, 0.2) is 0 Å². The van der Waals surface area contributed by atoms with E-state index in [0.717, 1.165) is 18.4 Å². The van der Waals surface area contributed by atoms with Gasteiger partial charge in [-0.3, -0.25) is 0 Å². The van der Waals surface area contributed by atoms with E-state index in [0.29, 0.717) is 0 Å². The van der Waals surface area contributed by atoms with Crippen LogP contribution in [-0.2, 0) is 10.0 Å². The van der Waals surface area contributed by atoms with E-state index in [9.17, 15) is 8.42 Å². The maximum Gasteiger partial charge on any atom is 0.239 e. The summed E-state index contributed by atoms with van der Waals surface area (Å²) in [6, 6.07) is 12.2. The van der Waals surface area contributed by atoms with Crippen LogP contribution in [0.1, 0.15) is 18.4 Å². The van der Waals surface area contributed by atoms with E-state index in [-0.39, 0.29) is 6.04 Å². The van der Waals surface area contributed by atoms with Gasteiger partial charge in [-0.1, -0.05) is 18.2 Å². The van der Waals surface area contributed by atoms with E-state index in [1.807, 2.05) is 30.3 Å². The number of rotatable bonds is 2. The lowest BCUT2D eigenvalue weighted by molar-refractivity contribution is 0.513. The molecule has 0 atom stereocenters. The van der Waals surface area contributed by atoms with Gasteiger partial charge in [-0.15, -0.1) is 0 Å². The molecule has 84 valence electrons. The fourth-order valence-corrected chi connectivity index (χ4v) is 2.36. The summed E-state index contributed by atoms with van der Waals surface area (Å²) in [5.41, 5.74) is 0.830. The van der Waals surface area contributed by atoms with E-state index < -0.39 is 10.0 Å². The third kappa shape index (κ3) is 2.77. The molecule has 16 heavy (non-hydrogen) atoms. The van der Waals surface area contributed by atoms with Gasteiger partial charge in [0, 0.05) is 11.6 Å². The van der Waals surface area contributed by atoms with Crippen LogP contribution in [0.4, 0.5) is 0 Å². The molecule has 1 aliphatic rings. The molecule has 0 N–H and O–H groups in total. The van der Waals surface area contributed by atoms with Gasteiger partial charge in [0.2, 0.25) is 10.0 Å². The van der Waals surface area contributed by atoms with E-state index in [4.69, 9.17) is 0 Å². The van der Waals surface area contributed by atoms with Crippen molar-refractivity contribution in [3.05, 3.63) is 35.9 Å². The number of hydrogen-bond acceptors (Lipinski definition) is 2. The highest BCUT2D eigenvalue weighted by molar-refractivity contribution is 7.88. The highest BCUT2D eigenvalue weighted by Crippen LogP contribution is 2.27. The molecule has 1 aromatic carbocycles. The Hall–Kier alpha value is -1.47. The molecule has 0 bridgehead atoms. The van der Waals surface area contributed by atoms with Crippen molar-refractivity contribution < 1.29 is 8.42 Å². The van der Waals surface area contributed by atoms with Crippen LogP contribution >= 0.6 is 0 Å². The Balaban J connectivity index is 2.22. The van der Waals surface area contributed by atoms with E-state index in [1.165, 1.54) is 10.6 Å². The molecule has 3 nitrogen and oxygen atoms in total. The predicted octanol–water partition coefficient (Wildman–Crippen LogP) is 1.42. The van der Waals surface area contributed by atoms with Crippen LogP contribution in [0, 0.1) is 12.0 Å². The van der Waals surface area contributed by atoms with E-state index >= 15 is 0 Å². The molecule has 1 aromatic rings. The lowest BCUT2D eigenvalue weighted by Crippen LogP contribution is -2.27. The Morgan fingerprint density at radius 3 is 2.38 bits per heavy atom. The SMILES string of the molecule is CS(=O)(=O)N(C#Cc1ccccc1)C1CC1. The summed E-state index contributed by atoms with van der Waals surface area (Å²) in [5.74, 6) is 2.87. The van der Waals surface area contributed by atoms with Crippen LogP contribution in [-0.4, -0.2) is 25.0 Å². The molecule has 1 saturated carbocycles. The molecule has 2 rings (SSSR count). The van der Waals surface area contributed by atoms with Gasteiger partial charge >= 0.3 is 0 Å². The number of sulfonamides is 1. The molecule has 0 heterocycles. The lowest BCUT2D eigenvalue weighted by Gasteiger charge is -2.12. The fourth-order valence-electron chi connectivity index (χ4n) is 1.40. The van der Waals surface area contributed by atoms with Gasteiger partial charge in [0.05, 0.1) is 12.3 Å². The molecule has 4 heteroatoms. The summed E-state index contributed by atoms with van der Waals surface area (Å²) in [6.45, 7) is 0. The summed E-state index contributed by atoms with van der Waals surface area (Å²) in [7, 11) is -3.21. The minimum atomic E-state index is -3.21. The molecule has 0 amide bonds. The lowest BCUT2D eigenvalue weighted by atomic mass is 10.2. The van der Waals surface area contributed by atoms with Crippen molar-refractivity contribution in [2.75, 3.05) is 6.26 Å². The Morgan fingerprint density at radius 1 is 1.25 bits per heavy atom. The fraction of sp³-hybridized carbons (Fsp3) is 0.333. The van der Waals surface area contributed by atoms with Crippen molar-refractivity contribution in [2.45, 2.75) is 18.9 Å². The average molecular weight is 235 g/mol. The zero-order valence-corrected chi connectivity index (χ0v) is 9.87. The summed E-state index contributed by atoms with van der Waals surface area (Å²) < 4.78 is 24.2. The minimum absolute atomic E-state index is 0.0891. The molecule has 0 aliphatic heterocycles. The van der Waals surface area contributed by atoms with Crippen LogP contribution in [0.2, 0.25) is 0 Å². The molecule has 1 fully saturated rings. The first-order chi connectivity index (χ1) is 7.57. The summed E-state index contributed by atoms with van der Waals surface area (Å²) in [6.07, 6.45) is 3.03. The predicted molar refractivity (Wildman–Crippen MR) is 63.0 cm³/mol. The quantitative estimate of drug-likeness (QED) is 0.574. The van der Waals surface area contributed by atoms with Crippen molar-refractivity contribution in [1.82, 2.24) is 4.31 Å². The minimum Gasteiger partial charge on any atom is -0.225 e. The smallest absolute Gasteiger partial charge is 0.225 e. The topological polar surface area (TPSA) is 37.4 Å². The first-order valence-corrected chi connectivity index (χ1v) is 6.98. The summed E-state index contributed by atoms with van der Waals surface area (Å²) >= 11 is 0. The van der Waals surface area contributed by atoms with Crippen LogP contribution < -0.4 is 0 Å². The second-order valence-corrected chi connectivity index (χ2v) is 5.75. The van der Waals surface area contributed by atoms with E-state index in [1.54, 1.807) is 0 Å². The molecule has 1 aliphatic carbocycles. The van der Waals surface area contributed by atoms with E-state index in [2.05, 4.69) is 12.0 Å². The van der Waals surface area contributed by atoms with Crippen LogP contribution in [0.3, 0.4) is 0 Å². The van der Waals surface area contributed by atoms with Gasteiger partial charge in [0.1, 0.15) is 0 Å². The Morgan fingerprint density at radius 2 is 1.88 bits per heavy atom. The van der Waals surface area contributed by atoms with Gasteiger partial charge in [-0.2, -0.15) is 0 Å². The first-order valence-electron chi connectivity index (χ1n) is 5.13. The zero-order valence-electron chi connectivity index (χ0n) is 9.05. The van der Waals surface area contributed by atoms with Gasteiger partial charge < -0.3 is 0 Å². The average Bonchev–Trinajstić information content (AvgIpc) is 3.02. The van der Waals surface area contributed by atoms with Gasteiger partial charge in [-0.25, -0.2) is 12.7 Å². The summed E-state index contributed by atoms with van der Waals surface area (Å²) in [5, 5.41) is 0. The third-order valence-electron chi connectivity index (χ3n) is 2.32. The molecule has 0 spiro atoms. The first kappa shape index (κ1) is 11.0. The van der Waals surface area contributed by atoms with Crippen molar-refractivity contribution in [3.8, 4) is 12.0 Å². The maximum absolute atomic E-state index is 11.5. The zero-order chi connectivity index (χ0) is 11.6. The third-order valence-corrected chi connectivity index (χ3v) is 3.42. The Labute approximate surface area is 96.1 Å². The molecule has 0 saturated heterocycles.